The summed E-state index contributed by atoms with van der Waals surface area (Å²) in [6, 6.07) is 0. The van der Waals surface area contributed by atoms with Gasteiger partial charge in [0, 0.05) is 0 Å². The van der Waals surface area contributed by atoms with Crippen LogP contribution in [0.25, 0.3) is 0 Å². The molecule has 0 spiro atoms. The summed E-state index contributed by atoms with van der Waals surface area (Å²) in [6.45, 7) is 0. The van der Waals surface area contributed by atoms with Gasteiger partial charge in [-0.3, -0.25) is 0 Å². The molecule has 0 saturated heterocycles. The van der Waals surface area contributed by atoms with Gasteiger partial charge in [-0.2, -0.15) is 0 Å². The molecule has 0 atom stereocenters. The molecule has 0 bridgehead atoms. The van der Waals surface area contributed by atoms with Crippen molar-refractivity contribution in [1.82, 2.24) is 0 Å². The van der Waals surface area contributed by atoms with E-state index >= 15 is 0 Å². The molecule has 0 unspecified atom stereocenters. The Labute approximate surface area is 78.3 Å². The van der Waals surface area contributed by atoms with Gasteiger partial charge < -0.3 is 23.5 Å². The van der Waals surface area contributed by atoms with E-state index < -0.39 is 0 Å². The molecule has 0 heterocycles. The van der Waals surface area contributed by atoms with E-state index in [0.29, 0.717) is 0 Å². The van der Waals surface area contributed by atoms with Crippen LogP contribution >= 0.6 is 0 Å². The molecule has 0 aliphatic heterocycles. The van der Waals surface area contributed by atoms with Crippen LogP contribution in [-0.4, -0.2) is 0 Å². The summed E-state index contributed by atoms with van der Waals surface area (Å²) in [5.41, 5.74) is 0. The first-order chi connectivity index (χ1) is 0. The minimum atomic E-state index is 0. The fourth-order valence-electron chi connectivity index (χ4n) is 0. The summed E-state index contributed by atoms with van der Waals surface area (Å²) in [5, 5.41) is 0. The van der Waals surface area contributed by atoms with E-state index in [1.54, 1.807) is 0 Å². The van der Waals surface area contributed by atoms with Crippen LogP contribution < -0.4 is 53.1 Å². The minimum Gasteiger partial charge on any atom is -1.00 e. The molecule has 0 nitrogen and oxygen atoms in total. The van der Waals surface area contributed by atoms with Crippen molar-refractivity contribution in [3.8, 4) is 0 Å². The van der Waals surface area contributed by atoms with Crippen LogP contribution in [0.2, 0.25) is 0 Å². The average Bonchev–Trinajstić information content (AvgIpc) is 0. The number of halogens is 5. The van der Waals surface area contributed by atoms with Crippen molar-refractivity contribution in [2.24, 2.45) is 0 Å². The Kier molecular flexibility index (Phi) is 4120. The molecule has 0 amide bonds. The standard InChI is InChI=1S/5FH.Hf.Na/h5*1H;;/q;;;;;+4;+1/p-5. The molecule has 0 aromatic rings. The largest absolute Gasteiger partial charge is 4.00 e. The molecule has 40 valence electrons. The Morgan fingerprint density at radius 3 is 0.429 bits per heavy atom. The van der Waals surface area contributed by atoms with Gasteiger partial charge in [-0.05, 0) is 0 Å². The Bertz CT molecular complexity index is 8.04. The van der Waals surface area contributed by atoms with Crippen molar-refractivity contribution in [2.45, 2.75) is 0 Å². The third-order valence-electron chi connectivity index (χ3n) is 0. The second kappa shape index (κ2) is 138. The smallest absolute Gasteiger partial charge is 1.00 e. The van der Waals surface area contributed by atoms with Gasteiger partial charge in [0.15, 0.2) is 0 Å². The van der Waals surface area contributed by atoms with E-state index in [9.17, 15) is 0 Å². The summed E-state index contributed by atoms with van der Waals surface area (Å²) in [4.78, 5) is 0. The van der Waals surface area contributed by atoms with Crippen LogP contribution in [-0.2, 0) is 25.8 Å². The Balaban J connectivity index is 0. The van der Waals surface area contributed by atoms with Gasteiger partial charge in [0.25, 0.3) is 0 Å². The van der Waals surface area contributed by atoms with Crippen molar-refractivity contribution in [3.05, 3.63) is 0 Å². The molecule has 0 aliphatic rings. The van der Waals surface area contributed by atoms with Crippen LogP contribution in [0.15, 0.2) is 0 Å². The van der Waals surface area contributed by atoms with Crippen molar-refractivity contribution in [1.29, 1.82) is 0 Å². The normalized spacial score (nSPS) is 0. The van der Waals surface area contributed by atoms with Gasteiger partial charge in [-0.15, -0.1) is 0 Å². The van der Waals surface area contributed by atoms with E-state index in [-0.39, 0.29) is 78.9 Å². The van der Waals surface area contributed by atoms with Gasteiger partial charge in [-0.25, -0.2) is 0 Å². The zero-order valence-corrected chi connectivity index (χ0v) is 8.98. The van der Waals surface area contributed by atoms with E-state index in [4.69, 9.17) is 0 Å². The minimum absolute atomic E-state index is 0. The number of rotatable bonds is 0. The molecule has 0 radical (unpaired) electrons. The van der Waals surface area contributed by atoms with Crippen LogP contribution in [0.5, 0.6) is 0 Å². The van der Waals surface area contributed by atoms with Crippen LogP contribution in [0, 0.1) is 0 Å². The molecule has 0 aliphatic carbocycles. The molecule has 0 saturated carbocycles. The van der Waals surface area contributed by atoms with Crippen molar-refractivity contribution < 1.29 is 78.9 Å². The van der Waals surface area contributed by atoms with Crippen LogP contribution in [0.3, 0.4) is 0 Å². The zero-order chi connectivity index (χ0) is 0. The molecule has 0 fully saturated rings. The topological polar surface area (TPSA) is 0 Å². The van der Waals surface area contributed by atoms with Gasteiger partial charge in [-0.1, -0.05) is 0 Å². The maximum absolute atomic E-state index is 0. The molecule has 0 aromatic carbocycles. The Morgan fingerprint density at radius 1 is 0.429 bits per heavy atom. The van der Waals surface area contributed by atoms with E-state index in [1.807, 2.05) is 0 Å². The summed E-state index contributed by atoms with van der Waals surface area (Å²) in [6.07, 6.45) is 0. The Hall–Kier alpha value is 1.52. The second-order valence-electron chi connectivity index (χ2n) is 0. The second-order valence-corrected chi connectivity index (χ2v) is 0. The maximum Gasteiger partial charge on any atom is 4.00 e. The summed E-state index contributed by atoms with van der Waals surface area (Å²) >= 11 is 0. The third-order valence-corrected chi connectivity index (χ3v) is 0. The van der Waals surface area contributed by atoms with Gasteiger partial charge in [0.2, 0.25) is 0 Å². The van der Waals surface area contributed by atoms with Crippen LogP contribution in [0.4, 0.5) is 0 Å². The first-order valence-corrected chi connectivity index (χ1v) is 0. The first-order valence-electron chi connectivity index (χ1n) is 0. The molecular weight excluding hydrogens is 296 g/mol. The predicted molar refractivity (Wildman–Crippen MR) is 0 cm³/mol. The fourth-order valence-corrected chi connectivity index (χ4v) is 0. The third kappa shape index (κ3) is 99.2. The van der Waals surface area contributed by atoms with E-state index in [2.05, 4.69) is 0 Å². The maximum atomic E-state index is 0. The van der Waals surface area contributed by atoms with Gasteiger partial charge in [0.1, 0.15) is 0 Å². The van der Waals surface area contributed by atoms with Crippen LogP contribution in [0.1, 0.15) is 0 Å². The van der Waals surface area contributed by atoms with E-state index in [1.165, 1.54) is 0 Å². The molecule has 0 N–H and O–H groups in total. The molecule has 7 heteroatoms. The first kappa shape index (κ1) is 209. The molecule has 7 heavy (non-hydrogen) atoms. The zero-order valence-electron chi connectivity index (χ0n) is 3.39. The summed E-state index contributed by atoms with van der Waals surface area (Å²) in [7, 11) is 0. The molecular formula is F5HfNa. The SMILES string of the molecule is [F-].[F-].[F-].[F-].[F-].[Hf+4].[Na+]. The number of hydrogen-bond donors (Lipinski definition) is 0. The molecule has 0 rings (SSSR count). The summed E-state index contributed by atoms with van der Waals surface area (Å²) in [5.74, 6) is 0. The van der Waals surface area contributed by atoms with Gasteiger partial charge >= 0.3 is 55.4 Å². The van der Waals surface area contributed by atoms with Crippen molar-refractivity contribution in [3.63, 3.8) is 0 Å². The van der Waals surface area contributed by atoms with Crippen molar-refractivity contribution >= 4 is 0 Å². The van der Waals surface area contributed by atoms with Crippen molar-refractivity contribution in [2.75, 3.05) is 0 Å². The van der Waals surface area contributed by atoms with E-state index in [0.717, 1.165) is 0 Å². The number of hydrogen-bond acceptors (Lipinski definition) is 0. The molecule has 0 aromatic heterocycles. The quantitative estimate of drug-likeness (QED) is 0.308. The summed E-state index contributed by atoms with van der Waals surface area (Å²) < 4.78 is 0. The predicted octanol–water partition coefficient (Wildman–Crippen LogP) is -18.0. The van der Waals surface area contributed by atoms with Gasteiger partial charge in [0.05, 0.1) is 0 Å². The fraction of sp³-hybridized carbons (Fsp3) is 0. The average molecular weight is 296 g/mol. The monoisotopic (exact) mass is 298 g/mol. The Morgan fingerprint density at radius 2 is 0.429 bits per heavy atom.